The fourth-order valence-electron chi connectivity index (χ4n) is 3.85. The van der Waals surface area contributed by atoms with E-state index in [0.717, 1.165) is 24.3 Å². The van der Waals surface area contributed by atoms with Crippen molar-refractivity contribution in [3.63, 3.8) is 0 Å². The number of rotatable bonds is 5. The van der Waals surface area contributed by atoms with Crippen LogP contribution in [0, 0.1) is 5.92 Å². The van der Waals surface area contributed by atoms with E-state index < -0.39 is 0 Å². The highest BCUT2D eigenvalue weighted by Gasteiger charge is 2.31. The SMILES string of the molecule is CN=C(NCC1CCCS1)NCC1CCCN(C)C1c1cccs1. The Morgan fingerprint density at radius 3 is 2.88 bits per heavy atom. The summed E-state index contributed by atoms with van der Waals surface area (Å²) in [6.07, 6.45) is 5.27. The molecule has 4 nitrogen and oxygen atoms in total. The third-order valence-corrected chi connectivity index (χ3v) is 7.46. The quantitative estimate of drug-likeness (QED) is 0.620. The van der Waals surface area contributed by atoms with Gasteiger partial charge in [0.15, 0.2) is 5.96 Å². The molecule has 2 aliphatic heterocycles. The van der Waals surface area contributed by atoms with E-state index in [0.29, 0.717) is 12.0 Å². The van der Waals surface area contributed by atoms with Crippen molar-refractivity contribution in [3.8, 4) is 0 Å². The van der Waals surface area contributed by atoms with Crippen molar-refractivity contribution in [2.45, 2.75) is 37.0 Å². The molecule has 3 unspecified atom stereocenters. The maximum absolute atomic E-state index is 4.41. The Labute approximate surface area is 154 Å². The molecular formula is C18H30N4S2. The topological polar surface area (TPSA) is 39.7 Å². The lowest BCUT2D eigenvalue weighted by Gasteiger charge is -2.39. The van der Waals surface area contributed by atoms with Crippen LogP contribution in [0.5, 0.6) is 0 Å². The van der Waals surface area contributed by atoms with Gasteiger partial charge < -0.3 is 10.6 Å². The average molecular weight is 367 g/mol. The van der Waals surface area contributed by atoms with E-state index in [1.165, 1.54) is 42.9 Å². The van der Waals surface area contributed by atoms with Gasteiger partial charge in [0, 0.05) is 36.3 Å². The molecule has 3 rings (SSSR count). The smallest absolute Gasteiger partial charge is 0.191 e. The van der Waals surface area contributed by atoms with Gasteiger partial charge in [-0.15, -0.1) is 11.3 Å². The molecule has 0 aliphatic carbocycles. The van der Waals surface area contributed by atoms with Crippen LogP contribution in [0.1, 0.15) is 36.6 Å². The summed E-state index contributed by atoms with van der Waals surface area (Å²) in [6, 6.07) is 5.00. The van der Waals surface area contributed by atoms with Crippen LogP contribution in [0.2, 0.25) is 0 Å². The third kappa shape index (κ3) is 4.67. The number of thiophene rings is 1. The maximum atomic E-state index is 4.41. The van der Waals surface area contributed by atoms with Gasteiger partial charge in [-0.1, -0.05) is 6.07 Å². The summed E-state index contributed by atoms with van der Waals surface area (Å²) in [6.45, 7) is 3.22. The van der Waals surface area contributed by atoms with Gasteiger partial charge in [0.05, 0.1) is 0 Å². The molecular weight excluding hydrogens is 336 g/mol. The van der Waals surface area contributed by atoms with Crippen molar-refractivity contribution in [2.75, 3.05) is 39.5 Å². The number of guanidine groups is 1. The van der Waals surface area contributed by atoms with Crippen molar-refractivity contribution in [2.24, 2.45) is 10.9 Å². The third-order valence-electron chi connectivity index (χ3n) is 5.12. The lowest BCUT2D eigenvalue weighted by Crippen LogP contribution is -2.45. The predicted octanol–water partition coefficient (Wildman–Crippen LogP) is 3.19. The van der Waals surface area contributed by atoms with Crippen molar-refractivity contribution in [1.82, 2.24) is 15.5 Å². The van der Waals surface area contributed by atoms with E-state index in [4.69, 9.17) is 0 Å². The fourth-order valence-corrected chi connectivity index (χ4v) is 6.03. The van der Waals surface area contributed by atoms with Crippen LogP contribution in [0.15, 0.2) is 22.5 Å². The first-order chi connectivity index (χ1) is 11.8. The molecule has 1 aromatic heterocycles. The van der Waals surface area contributed by atoms with Gasteiger partial charge in [0.25, 0.3) is 0 Å². The van der Waals surface area contributed by atoms with Crippen molar-refractivity contribution in [3.05, 3.63) is 22.4 Å². The second-order valence-electron chi connectivity index (χ2n) is 6.81. The van der Waals surface area contributed by atoms with Crippen LogP contribution in [0.25, 0.3) is 0 Å². The highest BCUT2D eigenvalue weighted by Crippen LogP contribution is 2.36. The lowest BCUT2D eigenvalue weighted by atomic mass is 9.88. The van der Waals surface area contributed by atoms with Crippen LogP contribution in [-0.4, -0.2) is 55.6 Å². The minimum absolute atomic E-state index is 0.537. The second kappa shape index (κ2) is 9.11. The molecule has 1 aromatic rings. The standard InChI is InChI=1S/C18H30N4S2/c1-19-18(21-13-15-7-4-10-23-15)20-12-14-6-3-9-22(2)17(14)16-8-5-11-24-16/h5,8,11,14-15,17H,3-4,6-7,9-10,12-13H2,1-2H3,(H2,19,20,21). The Hall–Kier alpha value is -0.720. The van der Waals surface area contributed by atoms with Crippen LogP contribution in [-0.2, 0) is 0 Å². The summed E-state index contributed by atoms with van der Waals surface area (Å²) < 4.78 is 0. The fraction of sp³-hybridized carbons (Fsp3) is 0.722. The van der Waals surface area contributed by atoms with Crippen molar-refractivity contribution < 1.29 is 0 Å². The Morgan fingerprint density at radius 1 is 1.29 bits per heavy atom. The Kier molecular flexibility index (Phi) is 6.86. The summed E-state index contributed by atoms with van der Waals surface area (Å²) in [5.41, 5.74) is 0. The molecule has 134 valence electrons. The highest BCUT2D eigenvalue weighted by atomic mass is 32.2. The normalized spacial score (nSPS) is 28.9. The molecule has 6 heteroatoms. The van der Waals surface area contributed by atoms with E-state index in [-0.39, 0.29) is 0 Å². The number of hydrogen-bond acceptors (Lipinski definition) is 4. The van der Waals surface area contributed by atoms with Gasteiger partial charge in [0.2, 0.25) is 0 Å². The summed E-state index contributed by atoms with van der Waals surface area (Å²) in [5.74, 6) is 2.91. The Bertz CT molecular complexity index is 511. The first kappa shape index (κ1) is 18.1. The number of nitrogens with zero attached hydrogens (tertiary/aromatic N) is 2. The van der Waals surface area contributed by atoms with Crippen molar-refractivity contribution >= 4 is 29.1 Å². The van der Waals surface area contributed by atoms with E-state index in [9.17, 15) is 0 Å². The molecule has 3 heterocycles. The van der Waals surface area contributed by atoms with E-state index >= 15 is 0 Å². The molecule has 0 amide bonds. The Balaban J connectivity index is 1.52. The first-order valence-electron chi connectivity index (χ1n) is 9.07. The average Bonchev–Trinajstić information content (AvgIpc) is 3.29. The molecule has 0 saturated carbocycles. The number of piperidine rings is 1. The highest BCUT2D eigenvalue weighted by molar-refractivity contribution is 8.00. The molecule has 2 saturated heterocycles. The molecule has 0 bridgehead atoms. The number of likely N-dealkylation sites (tertiary alicyclic amines) is 1. The number of hydrogen-bond donors (Lipinski definition) is 2. The molecule has 0 spiro atoms. The van der Waals surface area contributed by atoms with E-state index in [2.05, 4.69) is 56.8 Å². The molecule has 24 heavy (non-hydrogen) atoms. The molecule has 0 radical (unpaired) electrons. The summed E-state index contributed by atoms with van der Waals surface area (Å²) in [5, 5.41) is 10.1. The van der Waals surface area contributed by atoms with Gasteiger partial charge in [-0.05, 0) is 62.4 Å². The van der Waals surface area contributed by atoms with Crippen LogP contribution < -0.4 is 10.6 Å². The van der Waals surface area contributed by atoms with Gasteiger partial charge in [-0.3, -0.25) is 9.89 Å². The number of nitrogens with one attached hydrogen (secondary N) is 2. The zero-order valence-corrected chi connectivity index (χ0v) is 16.5. The first-order valence-corrected chi connectivity index (χ1v) is 11.0. The maximum Gasteiger partial charge on any atom is 0.191 e. The van der Waals surface area contributed by atoms with E-state index in [1.807, 2.05) is 18.4 Å². The zero-order chi connectivity index (χ0) is 16.8. The molecule has 2 fully saturated rings. The largest absolute Gasteiger partial charge is 0.356 e. The zero-order valence-electron chi connectivity index (χ0n) is 14.8. The molecule has 2 aliphatic rings. The minimum atomic E-state index is 0.537. The van der Waals surface area contributed by atoms with Crippen LogP contribution in [0.4, 0.5) is 0 Å². The summed E-state index contributed by atoms with van der Waals surface area (Å²) in [4.78, 5) is 8.43. The Morgan fingerprint density at radius 2 is 2.17 bits per heavy atom. The van der Waals surface area contributed by atoms with Crippen LogP contribution >= 0.6 is 23.1 Å². The minimum Gasteiger partial charge on any atom is -0.356 e. The lowest BCUT2D eigenvalue weighted by molar-refractivity contribution is 0.125. The molecule has 2 N–H and O–H groups in total. The second-order valence-corrected chi connectivity index (χ2v) is 9.20. The number of thioether (sulfide) groups is 1. The van der Waals surface area contributed by atoms with Gasteiger partial charge >= 0.3 is 0 Å². The summed E-state index contributed by atoms with van der Waals surface area (Å²) >= 11 is 3.98. The van der Waals surface area contributed by atoms with Gasteiger partial charge in [-0.25, -0.2) is 0 Å². The monoisotopic (exact) mass is 366 g/mol. The molecule has 3 atom stereocenters. The van der Waals surface area contributed by atoms with Gasteiger partial charge in [0.1, 0.15) is 0 Å². The predicted molar refractivity (Wildman–Crippen MR) is 107 cm³/mol. The van der Waals surface area contributed by atoms with Gasteiger partial charge in [-0.2, -0.15) is 11.8 Å². The molecule has 0 aromatic carbocycles. The summed E-state index contributed by atoms with van der Waals surface area (Å²) in [7, 11) is 4.14. The van der Waals surface area contributed by atoms with Crippen molar-refractivity contribution in [1.29, 1.82) is 0 Å². The van der Waals surface area contributed by atoms with Crippen LogP contribution in [0.3, 0.4) is 0 Å². The number of aliphatic imine (C=N–C) groups is 1. The van der Waals surface area contributed by atoms with E-state index in [1.54, 1.807) is 0 Å².